The van der Waals surface area contributed by atoms with E-state index in [0.717, 1.165) is 23.1 Å². The molecule has 0 amide bonds. The molecule has 1 aromatic carbocycles. The summed E-state index contributed by atoms with van der Waals surface area (Å²) < 4.78 is 5.34. The standard InChI is InChI=1S/C21H20ClN7O/c1-3-5-29-20(30)17-19(28-6-4-23-21(28)29)26-18(25-17)15-10-24-27(12-15)11-14-7-13(2)8-16(22)9-14/h4,6-10,12H,3,5,11H2,1-2H3,(H,25,26). The number of halogens is 1. The van der Waals surface area contributed by atoms with Crippen LogP contribution in [-0.2, 0) is 13.1 Å². The first-order chi connectivity index (χ1) is 14.5. The Labute approximate surface area is 176 Å². The van der Waals surface area contributed by atoms with E-state index < -0.39 is 0 Å². The summed E-state index contributed by atoms with van der Waals surface area (Å²) in [6.45, 7) is 5.24. The molecule has 5 rings (SSSR count). The van der Waals surface area contributed by atoms with E-state index in [2.05, 4.69) is 26.1 Å². The van der Waals surface area contributed by atoms with Crippen LogP contribution in [0.5, 0.6) is 0 Å². The number of rotatable bonds is 5. The number of hydrogen-bond donors (Lipinski definition) is 1. The number of benzene rings is 1. The van der Waals surface area contributed by atoms with E-state index in [1.807, 2.05) is 47.5 Å². The van der Waals surface area contributed by atoms with Gasteiger partial charge >= 0.3 is 0 Å². The molecule has 0 atom stereocenters. The zero-order valence-corrected chi connectivity index (χ0v) is 17.4. The van der Waals surface area contributed by atoms with E-state index in [9.17, 15) is 4.79 Å². The predicted octanol–water partition coefficient (Wildman–Crippen LogP) is 3.66. The number of imidazole rings is 2. The highest BCUT2D eigenvalue weighted by Crippen LogP contribution is 2.21. The van der Waals surface area contributed by atoms with E-state index in [4.69, 9.17) is 11.6 Å². The number of aromatic amines is 1. The third-order valence-electron chi connectivity index (χ3n) is 5.03. The molecular weight excluding hydrogens is 402 g/mol. The van der Waals surface area contributed by atoms with E-state index in [1.54, 1.807) is 17.0 Å². The Morgan fingerprint density at radius 3 is 2.90 bits per heavy atom. The molecule has 4 heterocycles. The molecule has 0 aliphatic carbocycles. The van der Waals surface area contributed by atoms with Crippen LogP contribution in [0.15, 0.2) is 47.8 Å². The fourth-order valence-corrected chi connectivity index (χ4v) is 4.11. The topological polar surface area (TPSA) is 85.8 Å². The first-order valence-corrected chi connectivity index (χ1v) is 10.2. The molecular formula is C21H20ClN7O. The number of nitrogens with one attached hydrogen (secondary N) is 1. The first-order valence-electron chi connectivity index (χ1n) is 9.78. The number of aromatic nitrogens is 7. The summed E-state index contributed by atoms with van der Waals surface area (Å²) in [6, 6.07) is 5.94. The number of fused-ring (bicyclic) bond motifs is 3. The normalized spacial score (nSPS) is 11.7. The minimum Gasteiger partial charge on any atom is -0.332 e. The Kier molecular flexibility index (Phi) is 4.43. The first kappa shape index (κ1) is 18.6. The van der Waals surface area contributed by atoms with Crippen LogP contribution in [0.2, 0.25) is 5.02 Å². The predicted molar refractivity (Wildman–Crippen MR) is 116 cm³/mol. The average Bonchev–Trinajstić information content (AvgIpc) is 3.42. The second-order valence-corrected chi connectivity index (χ2v) is 7.84. The maximum atomic E-state index is 13.0. The second kappa shape index (κ2) is 7.14. The van der Waals surface area contributed by atoms with Gasteiger partial charge < -0.3 is 4.98 Å². The fraction of sp³-hybridized carbons (Fsp3) is 0.238. The molecule has 8 nitrogen and oxygen atoms in total. The molecule has 30 heavy (non-hydrogen) atoms. The maximum Gasteiger partial charge on any atom is 0.280 e. The van der Waals surface area contributed by atoms with Gasteiger partial charge in [-0.15, -0.1) is 0 Å². The van der Waals surface area contributed by atoms with E-state index in [1.165, 1.54) is 0 Å². The lowest BCUT2D eigenvalue weighted by Gasteiger charge is -2.05. The zero-order valence-electron chi connectivity index (χ0n) is 16.6. The summed E-state index contributed by atoms with van der Waals surface area (Å²) in [5.74, 6) is 1.19. The zero-order chi connectivity index (χ0) is 20.8. The molecule has 0 spiro atoms. The fourth-order valence-electron chi connectivity index (χ4n) is 3.80. The van der Waals surface area contributed by atoms with Gasteiger partial charge in [0.1, 0.15) is 5.82 Å². The van der Waals surface area contributed by atoms with Gasteiger partial charge in [-0.05, 0) is 36.6 Å². The summed E-state index contributed by atoms with van der Waals surface area (Å²) in [7, 11) is 0. The Morgan fingerprint density at radius 2 is 2.10 bits per heavy atom. The minimum atomic E-state index is -0.119. The lowest BCUT2D eigenvalue weighted by molar-refractivity contribution is 0.663. The van der Waals surface area contributed by atoms with Gasteiger partial charge in [-0.25, -0.2) is 9.97 Å². The Bertz CT molecular complexity index is 1420. The summed E-state index contributed by atoms with van der Waals surface area (Å²) in [5.41, 5.74) is 3.89. The van der Waals surface area contributed by atoms with Gasteiger partial charge in [-0.3, -0.25) is 18.4 Å². The van der Waals surface area contributed by atoms with Gasteiger partial charge in [0.2, 0.25) is 5.78 Å². The van der Waals surface area contributed by atoms with Crippen molar-refractivity contribution < 1.29 is 0 Å². The third-order valence-corrected chi connectivity index (χ3v) is 5.25. The van der Waals surface area contributed by atoms with Crippen molar-refractivity contribution in [2.75, 3.05) is 0 Å². The molecule has 9 heteroatoms. The van der Waals surface area contributed by atoms with Crippen LogP contribution in [0.3, 0.4) is 0 Å². The molecule has 0 radical (unpaired) electrons. The summed E-state index contributed by atoms with van der Waals surface area (Å²) in [5, 5.41) is 5.16. The Morgan fingerprint density at radius 1 is 1.23 bits per heavy atom. The van der Waals surface area contributed by atoms with Gasteiger partial charge in [-0.2, -0.15) is 5.10 Å². The second-order valence-electron chi connectivity index (χ2n) is 7.40. The SMILES string of the molecule is CCCn1c(=O)c2[nH]c(-c3cnn(Cc4cc(C)cc(Cl)c4)c3)nc2n2ccnc12. The third kappa shape index (κ3) is 3.09. The molecule has 0 aliphatic heterocycles. The molecule has 4 aromatic heterocycles. The highest BCUT2D eigenvalue weighted by molar-refractivity contribution is 6.30. The summed E-state index contributed by atoms with van der Waals surface area (Å²) >= 11 is 6.17. The number of aryl methyl sites for hydroxylation is 2. The number of hydrogen-bond acceptors (Lipinski definition) is 4. The van der Waals surface area contributed by atoms with Crippen molar-refractivity contribution >= 4 is 28.5 Å². The van der Waals surface area contributed by atoms with Crippen molar-refractivity contribution in [3.8, 4) is 11.4 Å². The molecule has 0 unspecified atom stereocenters. The Balaban J connectivity index is 1.56. The van der Waals surface area contributed by atoms with Crippen molar-refractivity contribution in [3.63, 3.8) is 0 Å². The maximum absolute atomic E-state index is 13.0. The quantitative estimate of drug-likeness (QED) is 0.469. The van der Waals surface area contributed by atoms with Crippen LogP contribution in [0.25, 0.3) is 28.3 Å². The molecule has 1 N–H and O–H groups in total. The summed E-state index contributed by atoms with van der Waals surface area (Å²) in [4.78, 5) is 25.2. The summed E-state index contributed by atoms with van der Waals surface area (Å²) in [6.07, 6.45) is 7.98. The van der Waals surface area contributed by atoms with Gasteiger partial charge in [0, 0.05) is 30.2 Å². The van der Waals surface area contributed by atoms with E-state index in [0.29, 0.717) is 40.9 Å². The van der Waals surface area contributed by atoms with Crippen molar-refractivity contribution in [2.24, 2.45) is 0 Å². The van der Waals surface area contributed by atoms with Crippen molar-refractivity contribution in [3.05, 3.63) is 69.5 Å². The number of nitrogens with zero attached hydrogens (tertiary/aromatic N) is 6. The smallest absolute Gasteiger partial charge is 0.280 e. The molecule has 0 saturated carbocycles. The van der Waals surface area contributed by atoms with Crippen molar-refractivity contribution in [1.82, 2.24) is 33.7 Å². The highest BCUT2D eigenvalue weighted by atomic mass is 35.5. The molecule has 5 aromatic rings. The average molecular weight is 422 g/mol. The Hall–Kier alpha value is -3.39. The van der Waals surface area contributed by atoms with Gasteiger partial charge in [0.15, 0.2) is 11.2 Å². The van der Waals surface area contributed by atoms with Crippen molar-refractivity contribution in [1.29, 1.82) is 0 Å². The molecule has 0 saturated heterocycles. The monoisotopic (exact) mass is 421 g/mol. The van der Waals surface area contributed by atoms with Crippen LogP contribution < -0.4 is 5.56 Å². The van der Waals surface area contributed by atoms with E-state index >= 15 is 0 Å². The van der Waals surface area contributed by atoms with E-state index in [-0.39, 0.29) is 5.56 Å². The van der Waals surface area contributed by atoms with Gasteiger partial charge in [0.25, 0.3) is 5.56 Å². The molecule has 0 bridgehead atoms. The van der Waals surface area contributed by atoms with Gasteiger partial charge in [0.05, 0.1) is 18.3 Å². The lowest BCUT2D eigenvalue weighted by atomic mass is 10.1. The largest absolute Gasteiger partial charge is 0.332 e. The highest BCUT2D eigenvalue weighted by Gasteiger charge is 2.17. The minimum absolute atomic E-state index is 0.119. The number of H-pyrrole nitrogens is 1. The molecule has 152 valence electrons. The lowest BCUT2D eigenvalue weighted by Crippen LogP contribution is -2.23. The van der Waals surface area contributed by atoms with Crippen LogP contribution in [0.4, 0.5) is 0 Å². The van der Waals surface area contributed by atoms with Crippen LogP contribution in [0, 0.1) is 6.92 Å². The molecule has 0 aliphatic rings. The van der Waals surface area contributed by atoms with Crippen molar-refractivity contribution in [2.45, 2.75) is 33.4 Å². The van der Waals surface area contributed by atoms with Crippen LogP contribution in [-0.4, -0.2) is 33.7 Å². The van der Waals surface area contributed by atoms with Crippen LogP contribution in [0.1, 0.15) is 24.5 Å². The molecule has 0 fully saturated rings. The van der Waals surface area contributed by atoms with Gasteiger partial charge in [-0.1, -0.05) is 24.6 Å². The van der Waals surface area contributed by atoms with Crippen LogP contribution >= 0.6 is 11.6 Å².